The van der Waals surface area contributed by atoms with Gasteiger partial charge in [0.05, 0.1) is 5.69 Å². The highest BCUT2D eigenvalue weighted by atomic mass is 32.1. The number of nitrogens with zero attached hydrogens (tertiary/aromatic N) is 4. The quantitative estimate of drug-likeness (QED) is 0.375. The number of H-pyrrole nitrogens is 1. The number of hydrogen-bond donors (Lipinski definition) is 2. The first-order valence-corrected chi connectivity index (χ1v) is 10.9. The Morgan fingerprint density at radius 3 is 2.81 bits per heavy atom. The Balaban J connectivity index is 1.32. The molecule has 31 heavy (non-hydrogen) atoms. The van der Waals surface area contributed by atoms with Crippen molar-refractivity contribution in [1.82, 2.24) is 24.1 Å². The lowest BCUT2D eigenvalue weighted by atomic mass is 10.1. The molecule has 2 N–H and O–H groups in total. The normalized spacial score (nSPS) is 11.1. The smallest absolute Gasteiger partial charge is 0.244 e. The Morgan fingerprint density at radius 1 is 1.19 bits per heavy atom. The summed E-state index contributed by atoms with van der Waals surface area (Å²) in [6.07, 6.45) is 3.98. The molecule has 9 heteroatoms. The van der Waals surface area contributed by atoms with Gasteiger partial charge >= 0.3 is 0 Å². The second-order valence-electron chi connectivity index (χ2n) is 7.15. The van der Waals surface area contributed by atoms with Crippen LogP contribution in [0.2, 0.25) is 0 Å². The van der Waals surface area contributed by atoms with E-state index < -0.39 is 0 Å². The number of nitrogens with one attached hydrogen (secondary N) is 2. The molecule has 0 saturated heterocycles. The number of aromatic amines is 1. The molecule has 0 unspecified atom stereocenters. The lowest BCUT2D eigenvalue weighted by Gasteiger charge is -2.09. The third-order valence-electron chi connectivity index (χ3n) is 4.89. The number of rotatable bonds is 5. The van der Waals surface area contributed by atoms with Crippen LogP contribution in [0.15, 0.2) is 66.3 Å². The number of benzene rings is 2. The van der Waals surface area contributed by atoms with Gasteiger partial charge in [0, 0.05) is 34.6 Å². The predicted octanol–water partition coefficient (Wildman–Crippen LogP) is 4.93. The van der Waals surface area contributed by atoms with Gasteiger partial charge in [0.25, 0.3) is 0 Å². The van der Waals surface area contributed by atoms with Crippen LogP contribution in [0.4, 0.5) is 5.69 Å². The number of hydrogen-bond acceptors (Lipinski definition) is 5. The Morgan fingerprint density at radius 2 is 2.03 bits per heavy atom. The summed E-state index contributed by atoms with van der Waals surface area (Å²) in [6, 6.07) is 15.6. The van der Waals surface area contributed by atoms with E-state index in [-0.39, 0.29) is 12.5 Å². The van der Waals surface area contributed by atoms with E-state index in [0.29, 0.717) is 16.3 Å². The van der Waals surface area contributed by atoms with E-state index in [0.717, 1.165) is 27.3 Å². The van der Waals surface area contributed by atoms with Crippen molar-refractivity contribution in [3.63, 3.8) is 0 Å². The molecule has 0 saturated carbocycles. The fourth-order valence-corrected chi connectivity index (χ4v) is 4.30. The maximum absolute atomic E-state index is 12.7. The van der Waals surface area contributed by atoms with E-state index in [1.807, 2.05) is 77.6 Å². The zero-order chi connectivity index (χ0) is 21.4. The topological polar surface area (TPSA) is 80.0 Å². The van der Waals surface area contributed by atoms with Crippen molar-refractivity contribution in [3.05, 3.63) is 76.6 Å². The number of aromatic nitrogens is 5. The highest BCUT2D eigenvalue weighted by molar-refractivity contribution is 7.71. The van der Waals surface area contributed by atoms with Crippen LogP contribution in [0.1, 0.15) is 5.56 Å². The fraction of sp³-hybridized carbons (Fsp3) is 0.0909. The van der Waals surface area contributed by atoms with Gasteiger partial charge in [-0.2, -0.15) is 5.10 Å². The molecule has 0 aliphatic heterocycles. The third-order valence-corrected chi connectivity index (χ3v) is 5.98. The van der Waals surface area contributed by atoms with Gasteiger partial charge in [0.1, 0.15) is 6.54 Å². The van der Waals surface area contributed by atoms with Crippen LogP contribution in [0, 0.1) is 11.7 Å². The summed E-state index contributed by atoms with van der Waals surface area (Å²) in [4.78, 5) is 18.2. The largest absolute Gasteiger partial charge is 0.325 e. The summed E-state index contributed by atoms with van der Waals surface area (Å²) in [5, 5.41) is 12.0. The minimum Gasteiger partial charge on any atom is -0.325 e. The van der Waals surface area contributed by atoms with Crippen LogP contribution >= 0.6 is 23.6 Å². The molecule has 7 nitrogen and oxygen atoms in total. The molecule has 0 aliphatic rings. The lowest BCUT2D eigenvalue weighted by molar-refractivity contribution is -0.116. The maximum atomic E-state index is 12.7. The van der Waals surface area contributed by atoms with Gasteiger partial charge in [-0.25, -0.2) is 4.98 Å². The first kappa shape index (κ1) is 19.4. The van der Waals surface area contributed by atoms with Crippen LogP contribution < -0.4 is 5.32 Å². The molecule has 154 valence electrons. The minimum atomic E-state index is -0.179. The Labute approximate surface area is 187 Å². The average molecular weight is 447 g/mol. The summed E-state index contributed by atoms with van der Waals surface area (Å²) < 4.78 is 4.10. The van der Waals surface area contributed by atoms with Crippen molar-refractivity contribution >= 4 is 40.1 Å². The first-order valence-electron chi connectivity index (χ1n) is 9.61. The lowest BCUT2D eigenvalue weighted by Crippen LogP contribution is -2.19. The summed E-state index contributed by atoms with van der Waals surface area (Å²) in [5.41, 5.74) is 4.62. The number of aryl methyl sites for hydroxylation is 1. The molecule has 0 aliphatic carbocycles. The molecule has 0 radical (unpaired) electrons. The molecule has 3 aromatic heterocycles. The number of carbonyl (C=O) groups excluding carboxylic acids is 1. The third kappa shape index (κ3) is 3.92. The summed E-state index contributed by atoms with van der Waals surface area (Å²) in [7, 11) is 0. The maximum Gasteiger partial charge on any atom is 0.244 e. The van der Waals surface area contributed by atoms with Gasteiger partial charge in [-0.05, 0) is 37.3 Å². The van der Waals surface area contributed by atoms with E-state index in [4.69, 9.17) is 12.2 Å². The van der Waals surface area contributed by atoms with Crippen molar-refractivity contribution in [3.8, 4) is 22.6 Å². The molecule has 0 bridgehead atoms. The van der Waals surface area contributed by atoms with Crippen molar-refractivity contribution < 1.29 is 4.79 Å². The van der Waals surface area contributed by atoms with E-state index in [1.54, 1.807) is 15.9 Å². The van der Waals surface area contributed by atoms with Crippen LogP contribution in [-0.2, 0) is 11.3 Å². The number of amides is 1. The number of thiazole rings is 1. The summed E-state index contributed by atoms with van der Waals surface area (Å²) in [6.45, 7) is 2.08. The van der Waals surface area contributed by atoms with Gasteiger partial charge in [-0.1, -0.05) is 35.9 Å². The number of imidazole rings is 1. The Hall–Kier alpha value is -3.56. The number of anilines is 1. The van der Waals surface area contributed by atoms with Crippen LogP contribution in [0.3, 0.4) is 0 Å². The SMILES string of the molecule is Cc1cccc(-c2n[nH]c(=S)n2CC(=O)Nc2ccc(-c3cn4ccsc4n3)cc2)c1. The molecule has 3 heterocycles. The van der Waals surface area contributed by atoms with E-state index >= 15 is 0 Å². The summed E-state index contributed by atoms with van der Waals surface area (Å²) in [5.74, 6) is 0.459. The predicted molar refractivity (Wildman–Crippen MR) is 125 cm³/mol. The number of fused-ring (bicyclic) bond motifs is 1. The highest BCUT2D eigenvalue weighted by Crippen LogP contribution is 2.23. The fourth-order valence-electron chi connectivity index (χ4n) is 3.40. The van der Waals surface area contributed by atoms with E-state index in [1.165, 1.54) is 0 Å². The van der Waals surface area contributed by atoms with Gasteiger partial charge in [-0.15, -0.1) is 11.3 Å². The molecule has 2 aromatic carbocycles. The van der Waals surface area contributed by atoms with E-state index in [2.05, 4.69) is 20.5 Å². The van der Waals surface area contributed by atoms with Gasteiger partial charge in [0.2, 0.25) is 5.91 Å². The monoisotopic (exact) mass is 446 g/mol. The van der Waals surface area contributed by atoms with Crippen molar-refractivity contribution in [2.75, 3.05) is 5.32 Å². The Kier molecular flexibility index (Phi) is 4.97. The second-order valence-corrected chi connectivity index (χ2v) is 8.41. The molecular formula is C22H18N6OS2. The first-order chi connectivity index (χ1) is 15.1. The van der Waals surface area contributed by atoms with Gasteiger partial charge < -0.3 is 5.32 Å². The van der Waals surface area contributed by atoms with Crippen molar-refractivity contribution in [2.24, 2.45) is 0 Å². The van der Waals surface area contributed by atoms with Crippen LogP contribution in [0.25, 0.3) is 27.6 Å². The minimum absolute atomic E-state index is 0.0671. The number of carbonyl (C=O) groups is 1. The Bertz CT molecular complexity index is 1410. The van der Waals surface area contributed by atoms with Crippen molar-refractivity contribution in [2.45, 2.75) is 13.5 Å². The van der Waals surface area contributed by atoms with Gasteiger partial charge in [-0.3, -0.25) is 18.9 Å². The molecular weight excluding hydrogens is 428 g/mol. The molecule has 1 amide bonds. The molecule has 0 spiro atoms. The van der Waals surface area contributed by atoms with E-state index in [9.17, 15) is 4.79 Å². The second kappa shape index (κ2) is 7.93. The van der Waals surface area contributed by atoms with Crippen LogP contribution in [-0.4, -0.2) is 30.1 Å². The molecule has 0 atom stereocenters. The van der Waals surface area contributed by atoms with Crippen molar-refractivity contribution in [1.29, 1.82) is 0 Å². The zero-order valence-electron chi connectivity index (χ0n) is 16.6. The van der Waals surface area contributed by atoms with Crippen LogP contribution in [0.5, 0.6) is 0 Å². The standard InChI is InChI=1S/C22H18N6OS2/c1-14-3-2-4-16(11-14)20-25-26-21(30)28(20)13-19(29)23-17-7-5-15(6-8-17)18-12-27-9-10-31-22(27)24-18/h2-12H,13H2,1H3,(H,23,29)(H,26,30). The van der Waals surface area contributed by atoms with Gasteiger partial charge in [0.15, 0.2) is 15.6 Å². The molecule has 0 fully saturated rings. The average Bonchev–Trinajstić information content (AvgIpc) is 3.44. The highest BCUT2D eigenvalue weighted by Gasteiger charge is 2.13. The zero-order valence-corrected chi connectivity index (χ0v) is 18.2. The molecule has 5 aromatic rings. The molecule has 5 rings (SSSR count). The summed E-state index contributed by atoms with van der Waals surface area (Å²) >= 11 is 6.93.